The normalized spacial score (nSPS) is 14.0. The Hall–Kier alpha value is -3.12. The summed E-state index contributed by atoms with van der Waals surface area (Å²) in [4.78, 5) is 30.1. The van der Waals surface area contributed by atoms with Crippen molar-refractivity contribution in [2.75, 3.05) is 36.4 Å². The number of thiophene rings is 1. The molecule has 1 aromatic heterocycles. The molecule has 1 fully saturated rings. The van der Waals surface area contributed by atoms with Crippen LogP contribution in [0.4, 0.5) is 11.4 Å². The maximum absolute atomic E-state index is 13.0. The molecule has 0 aliphatic carbocycles. The highest BCUT2D eigenvalue weighted by molar-refractivity contribution is 7.12. The average Bonchev–Trinajstić information content (AvgIpc) is 3.29. The van der Waals surface area contributed by atoms with Crippen LogP contribution < -0.4 is 10.2 Å². The van der Waals surface area contributed by atoms with Crippen LogP contribution in [0.5, 0.6) is 0 Å². The van der Waals surface area contributed by atoms with E-state index in [9.17, 15) is 9.59 Å². The van der Waals surface area contributed by atoms with E-state index in [1.54, 1.807) is 30.3 Å². The Kier molecular flexibility index (Phi) is 5.62. The smallest absolute Gasteiger partial charge is 0.265 e. The van der Waals surface area contributed by atoms with E-state index in [-0.39, 0.29) is 11.8 Å². The van der Waals surface area contributed by atoms with Crippen LogP contribution in [-0.2, 0) is 0 Å². The molecule has 1 saturated heterocycles. The zero-order valence-electron chi connectivity index (χ0n) is 16.3. The summed E-state index contributed by atoms with van der Waals surface area (Å²) in [5.41, 5.74) is 3.67. The first-order valence-electron chi connectivity index (χ1n) is 9.66. The number of amides is 2. The summed E-state index contributed by atoms with van der Waals surface area (Å²) >= 11 is 1.39. The number of nitrogens with zero attached hydrogens (tertiary/aromatic N) is 2. The molecular weight excluding hydrogens is 382 g/mol. The SMILES string of the molecule is Cc1cccc(N2CCN(C(=O)c3cccc(NC(=O)c4cccs4)c3)CC2)c1. The summed E-state index contributed by atoms with van der Waals surface area (Å²) in [6.07, 6.45) is 0. The molecule has 3 aromatic rings. The molecule has 1 aliphatic heterocycles. The third kappa shape index (κ3) is 4.49. The number of rotatable bonds is 4. The number of aryl methyl sites for hydroxylation is 1. The first-order valence-corrected chi connectivity index (χ1v) is 10.5. The number of anilines is 2. The Bertz CT molecular complexity index is 1010. The van der Waals surface area contributed by atoms with Crippen molar-refractivity contribution in [3.63, 3.8) is 0 Å². The molecule has 2 aromatic carbocycles. The van der Waals surface area contributed by atoms with Gasteiger partial charge >= 0.3 is 0 Å². The summed E-state index contributed by atoms with van der Waals surface area (Å²) < 4.78 is 0. The van der Waals surface area contributed by atoms with Crippen molar-refractivity contribution in [1.82, 2.24) is 4.90 Å². The van der Waals surface area contributed by atoms with Crippen molar-refractivity contribution in [3.8, 4) is 0 Å². The Morgan fingerprint density at radius 3 is 2.45 bits per heavy atom. The Labute approximate surface area is 174 Å². The van der Waals surface area contributed by atoms with Crippen LogP contribution in [0.15, 0.2) is 66.0 Å². The van der Waals surface area contributed by atoms with E-state index in [1.807, 2.05) is 16.3 Å². The second-order valence-corrected chi connectivity index (χ2v) is 8.08. The molecule has 6 heteroatoms. The largest absolute Gasteiger partial charge is 0.368 e. The number of benzene rings is 2. The van der Waals surface area contributed by atoms with Gasteiger partial charge in [0.05, 0.1) is 4.88 Å². The molecule has 1 aliphatic rings. The minimum Gasteiger partial charge on any atom is -0.368 e. The van der Waals surface area contributed by atoms with Gasteiger partial charge in [0.2, 0.25) is 0 Å². The molecule has 2 amide bonds. The predicted octanol–water partition coefficient (Wildman–Crippen LogP) is 4.27. The summed E-state index contributed by atoms with van der Waals surface area (Å²) in [6, 6.07) is 19.2. The lowest BCUT2D eigenvalue weighted by Crippen LogP contribution is -2.48. The highest BCUT2D eigenvalue weighted by atomic mass is 32.1. The Morgan fingerprint density at radius 2 is 1.72 bits per heavy atom. The molecule has 29 heavy (non-hydrogen) atoms. The van der Waals surface area contributed by atoms with Crippen molar-refractivity contribution in [3.05, 3.63) is 82.0 Å². The van der Waals surface area contributed by atoms with Crippen molar-refractivity contribution >= 4 is 34.5 Å². The van der Waals surface area contributed by atoms with E-state index < -0.39 is 0 Å². The standard InChI is InChI=1S/C23H23N3O2S/c1-17-5-2-8-20(15-17)25-10-12-26(13-11-25)23(28)18-6-3-7-19(16-18)24-22(27)21-9-4-14-29-21/h2-9,14-16H,10-13H2,1H3,(H,24,27). The molecule has 0 radical (unpaired) electrons. The van der Waals surface area contributed by atoms with Crippen molar-refractivity contribution in [2.24, 2.45) is 0 Å². The van der Waals surface area contributed by atoms with Gasteiger partial charge in [-0.2, -0.15) is 0 Å². The first-order chi connectivity index (χ1) is 14.1. The predicted molar refractivity (Wildman–Crippen MR) is 118 cm³/mol. The highest BCUT2D eigenvalue weighted by Crippen LogP contribution is 2.20. The van der Waals surface area contributed by atoms with Crippen LogP contribution in [0.25, 0.3) is 0 Å². The van der Waals surface area contributed by atoms with Gasteiger partial charge in [-0.15, -0.1) is 11.3 Å². The minimum absolute atomic E-state index is 0.00103. The van der Waals surface area contributed by atoms with Gasteiger partial charge < -0.3 is 15.1 Å². The summed E-state index contributed by atoms with van der Waals surface area (Å²) in [6.45, 7) is 5.07. The van der Waals surface area contributed by atoms with Gasteiger partial charge in [-0.3, -0.25) is 9.59 Å². The van der Waals surface area contributed by atoms with Gasteiger partial charge in [0.1, 0.15) is 0 Å². The molecule has 148 valence electrons. The van der Waals surface area contributed by atoms with Crippen LogP contribution in [-0.4, -0.2) is 42.9 Å². The lowest BCUT2D eigenvalue weighted by atomic mass is 10.1. The highest BCUT2D eigenvalue weighted by Gasteiger charge is 2.22. The van der Waals surface area contributed by atoms with E-state index in [4.69, 9.17) is 0 Å². The summed E-state index contributed by atoms with van der Waals surface area (Å²) in [5.74, 6) is -0.155. The molecule has 0 bridgehead atoms. The van der Waals surface area contributed by atoms with Crippen LogP contribution >= 0.6 is 11.3 Å². The topological polar surface area (TPSA) is 52.6 Å². The molecule has 0 spiro atoms. The monoisotopic (exact) mass is 405 g/mol. The van der Waals surface area contributed by atoms with Crippen LogP contribution in [0, 0.1) is 6.92 Å². The Balaban J connectivity index is 1.39. The van der Waals surface area contributed by atoms with Crippen molar-refractivity contribution in [1.29, 1.82) is 0 Å². The Morgan fingerprint density at radius 1 is 0.931 bits per heavy atom. The van der Waals surface area contributed by atoms with Gasteiger partial charge in [0.25, 0.3) is 11.8 Å². The molecule has 0 atom stereocenters. The third-order valence-corrected chi connectivity index (χ3v) is 5.91. The molecule has 1 N–H and O–H groups in total. The molecule has 4 rings (SSSR count). The number of hydrogen-bond donors (Lipinski definition) is 1. The van der Waals surface area contributed by atoms with E-state index in [0.29, 0.717) is 29.2 Å². The third-order valence-electron chi connectivity index (χ3n) is 5.05. The average molecular weight is 406 g/mol. The first kappa shape index (κ1) is 19.2. The lowest BCUT2D eigenvalue weighted by molar-refractivity contribution is 0.0746. The van der Waals surface area contributed by atoms with Gasteiger partial charge in [0, 0.05) is 43.1 Å². The number of piperazine rings is 1. The fourth-order valence-corrected chi connectivity index (χ4v) is 4.12. The van der Waals surface area contributed by atoms with Gasteiger partial charge in [-0.1, -0.05) is 24.3 Å². The van der Waals surface area contributed by atoms with E-state index >= 15 is 0 Å². The molecule has 0 unspecified atom stereocenters. The number of nitrogens with one attached hydrogen (secondary N) is 1. The molecule has 2 heterocycles. The van der Waals surface area contributed by atoms with Gasteiger partial charge in [0.15, 0.2) is 0 Å². The van der Waals surface area contributed by atoms with Crippen LogP contribution in [0.2, 0.25) is 0 Å². The van der Waals surface area contributed by atoms with E-state index in [2.05, 4.69) is 41.4 Å². The van der Waals surface area contributed by atoms with Gasteiger partial charge in [-0.05, 0) is 54.3 Å². The maximum Gasteiger partial charge on any atom is 0.265 e. The van der Waals surface area contributed by atoms with Crippen LogP contribution in [0.3, 0.4) is 0 Å². The second-order valence-electron chi connectivity index (χ2n) is 7.13. The maximum atomic E-state index is 13.0. The van der Waals surface area contributed by atoms with E-state index in [1.165, 1.54) is 22.6 Å². The van der Waals surface area contributed by atoms with E-state index in [0.717, 1.165) is 13.1 Å². The fourth-order valence-electron chi connectivity index (χ4n) is 3.51. The summed E-state index contributed by atoms with van der Waals surface area (Å²) in [5, 5.41) is 4.74. The zero-order valence-corrected chi connectivity index (χ0v) is 17.1. The molecule has 5 nitrogen and oxygen atoms in total. The second kappa shape index (κ2) is 8.49. The summed E-state index contributed by atoms with van der Waals surface area (Å²) in [7, 11) is 0. The van der Waals surface area contributed by atoms with Gasteiger partial charge in [-0.25, -0.2) is 0 Å². The van der Waals surface area contributed by atoms with Crippen molar-refractivity contribution < 1.29 is 9.59 Å². The molecule has 0 saturated carbocycles. The number of carbonyl (C=O) groups excluding carboxylic acids is 2. The lowest BCUT2D eigenvalue weighted by Gasteiger charge is -2.36. The van der Waals surface area contributed by atoms with Crippen molar-refractivity contribution in [2.45, 2.75) is 6.92 Å². The zero-order chi connectivity index (χ0) is 20.2. The fraction of sp³-hybridized carbons (Fsp3) is 0.217. The number of hydrogen-bond acceptors (Lipinski definition) is 4. The minimum atomic E-state index is -0.156. The number of carbonyl (C=O) groups is 2. The quantitative estimate of drug-likeness (QED) is 0.705. The molecular formula is C23H23N3O2S. The van der Waals surface area contributed by atoms with Crippen LogP contribution in [0.1, 0.15) is 25.6 Å².